The van der Waals surface area contributed by atoms with Crippen molar-refractivity contribution in [3.8, 4) is 5.75 Å². The average Bonchev–Trinajstić information content (AvgIpc) is 3.14. The number of rotatable bonds is 5. The molecule has 4 nitrogen and oxygen atoms in total. The van der Waals surface area contributed by atoms with E-state index in [9.17, 15) is 0 Å². The molecular weight excluding hydrogens is 401 g/mol. The first-order chi connectivity index (χ1) is 9.63. The first-order valence-electron chi connectivity index (χ1n) is 6.93. The van der Waals surface area contributed by atoms with Crippen LogP contribution in [-0.4, -0.2) is 32.7 Å². The molecule has 1 aromatic carbocycles. The Morgan fingerprint density at radius 3 is 2.71 bits per heavy atom. The number of methoxy groups -OCH3 is 1. The molecule has 0 bridgehead atoms. The molecule has 0 spiro atoms. The van der Waals surface area contributed by atoms with E-state index in [1.807, 2.05) is 18.2 Å². The number of guanidine groups is 1. The summed E-state index contributed by atoms with van der Waals surface area (Å²) in [5, 5.41) is 7.45. The highest BCUT2D eigenvalue weighted by Crippen LogP contribution is 2.28. The molecule has 2 N–H and O–H groups in total. The highest BCUT2D eigenvalue weighted by molar-refractivity contribution is 14.0. The molecule has 1 fully saturated rings. The molecule has 1 saturated carbocycles. The minimum atomic E-state index is 0. The summed E-state index contributed by atoms with van der Waals surface area (Å²) >= 11 is 6.22. The Hall–Kier alpha value is -0.690. The molecule has 6 heteroatoms. The first kappa shape index (κ1) is 18.4. The van der Waals surface area contributed by atoms with Crippen LogP contribution in [0.3, 0.4) is 0 Å². The Bertz CT molecular complexity index is 496. The van der Waals surface area contributed by atoms with E-state index in [1.54, 1.807) is 14.2 Å². The standard InChI is InChI=1S/C15H22ClN3O.HI/c1-10-8-14(10)19-15(17-2)18-7-6-11-4-5-12(20-3)9-13(11)16;/h4-5,9-10,14H,6-8H2,1-3H3,(H2,17,18,19);1H. The lowest BCUT2D eigenvalue weighted by Crippen LogP contribution is -2.39. The number of hydrogen-bond acceptors (Lipinski definition) is 2. The van der Waals surface area contributed by atoms with Crippen molar-refractivity contribution in [1.82, 2.24) is 10.6 Å². The van der Waals surface area contributed by atoms with Crippen molar-refractivity contribution in [3.63, 3.8) is 0 Å². The van der Waals surface area contributed by atoms with E-state index in [1.165, 1.54) is 6.42 Å². The second-order valence-electron chi connectivity index (χ2n) is 5.17. The van der Waals surface area contributed by atoms with Gasteiger partial charge in [-0.3, -0.25) is 4.99 Å². The van der Waals surface area contributed by atoms with Crippen molar-refractivity contribution in [2.45, 2.75) is 25.8 Å². The second-order valence-corrected chi connectivity index (χ2v) is 5.58. The van der Waals surface area contributed by atoms with Crippen LogP contribution < -0.4 is 15.4 Å². The second kappa shape index (κ2) is 8.68. The van der Waals surface area contributed by atoms with E-state index in [0.29, 0.717) is 6.04 Å². The van der Waals surface area contributed by atoms with Crippen molar-refractivity contribution >= 4 is 41.5 Å². The van der Waals surface area contributed by atoms with Gasteiger partial charge in [-0.25, -0.2) is 0 Å². The van der Waals surface area contributed by atoms with Crippen LogP contribution in [0.2, 0.25) is 5.02 Å². The molecule has 1 aliphatic rings. The minimum absolute atomic E-state index is 0. The Morgan fingerprint density at radius 1 is 1.48 bits per heavy atom. The zero-order chi connectivity index (χ0) is 14.5. The highest BCUT2D eigenvalue weighted by Gasteiger charge is 2.33. The van der Waals surface area contributed by atoms with Gasteiger partial charge in [-0.05, 0) is 36.5 Å². The van der Waals surface area contributed by atoms with Gasteiger partial charge in [-0.1, -0.05) is 24.6 Å². The Balaban J connectivity index is 0.00000220. The van der Waals surface area contributed by atoms with Crippen LogP contribution in [0.15, 0.2) is 23.2 Å². The fraction of sp³-hybridized carbons (Fsp3) is 0.533. The molecule has 0 radical (unpaired) electrons. The van der Waals surface area contributed by atoms with E-state index in [0.717, 1.165) is 41.2 Å². The third kappa shape index (κ3) is 5.54. The summed E-state index contributed by atoms with van der Waals surface area (Å²) in [6.45, 7) is 3.04. The van der Waals surface area contributed by atoms with Gasteiger partial charge in [-0.15, -0.1) is 24.0 Å². The van der Waals surface area contributed by atoms with E-state index in [4.69, 9.17) is 16.3 Å². The van der Waals surface area contributed by atoms with Gasteiger partial charge >= 0.3 is 0 Å². The summed E-state index contributed by atoms with van der Waals surface area (Å²) in [7, 11) is 3.43. The fourth-order valence-corrected chi connectivity index (χ4v) is 2.33. The van der Waals surface area contributed by atoms with Gasteiger partial charge in [0.2, 0.25) is 0 Å². The summed E-state index contributed by atoms with van der Waals surface area (Å²) in [6.07, 6.45) is 2.08. The van der Waals surface area contributed by atoms with Gasteiger partial charge in [0.05, 0.1) is 7.11 Å². The lowest BCUT2D eigenvalue weighted by molar-refractivity contribution is 0.414. The third-order valence-corrected chi connectivity index (χ3v) is 3.95. The molecule has 2 unspecified atom stereocenters. The van der Waals surface area contributed by atoms with Crippen molar-refractivity contribution in [3.05, 3.63) is 28.8 Å². The van der Waals surface area contributed by atoms with Crippen molar-refractivity contribution < 1.29 is 4.74 Å². The summed E-state index contributed by atoms with van der Waals surface area (Å²) in [5.41, 5.74) is 1.11. The fourth-order valence-electron chi connectivity index (χ4n) is 2.07. The zero-order valence-electron chi connectivity index (χ0n) is 12.6. The summed E-state index contributed by atoms with van der Waals surface area (Å²) < 4.78 is 5.14. The maximum atomic E-state index is 6.22. The van der Waals surface area contributed by atoms with Crippen LogP contribution in [0.4, 0.5) is 0 Å². The highest BCUT2D eigenvalue weighted by atomic mass is 127. The van der Waals surface area contributed by atoms with Crippen molar-refractivity contribution in [2.24, 2.45) is 10.9 Å². The monoisotopic (exact) mass is 423 g/mol. The van der Waals surface area contributed by atoms with Gasteiger partial charge < -0.3 is 15.4 Å². The van der Waals surface area contributed by atoms with E-state index < -0.39 is 0 Å². The van der Waals surface area contributed by atoms with Crippen LogP contribution in [0, 0.1) is 5.92 Å². The number of nitrogens with zero attached hydrogens (tertiary/aromatic N) is 1. The largest absolute Gasteiger partial charge is 0.497 e. The van der Waals surface area contributed by atoms with Crippen LogP contribution in [0.5, 0.6) is 5.75 Å². The number of benzene rings is 1. The van der Waals surface area contributed by atoms with Gasteiger partial charge in [0, 0.05) is 24.7 Å². The molecule has 2 rings (SSSR count). The Labute approximate surface area is 148 Å². The summed E-state index contributed by atoms with van der Waals surface area (Å²) in [4.78, 5) is 4.23. The number of aliphatic imine (C=N–C) groups is 1. The third-order valence-electron chi connectivity index (χ3n) is 3.60. The number of hydrogen-bond donors (Lipinski definition) is 2. The zero-order valence-corrected chi connectivity index (χ0v) is 15.7. The molecule has 118 valence electrons. The molecule has 0 amide bonds. The Kier molecular flexibility index (Phi) is 7.59. The van der Waals surface area contributed by atoms with Gasteiger partial charge in [0.1, 0.15) is 5.75 Å². The van der Waals surface area contributed by atoms with Crippen LogP contribution >= 0.6 is 35.6 Å². The van der Waals surface area contributed by atoms with E-state index >= 15 is 0 Å². The summed E-state index contributed by atoms with van der Waals surface area (Å²) in [5.74, 6) is 2.40. The number of halogens is 2. The predicted molar refractivity (Wildman–Crippen MR) is 99.2 cm³/mol. The lowest BCUT2D eigenvalue weighted by atomic mass is 10.1. The topological polar surface area (TPSA) is 45.7 Å². The lowest BCUT2D eigenvalue weighted by Gasteiger charge is -2.12. The maximum absolute atomic E-state index is 6.22. The first-order valence-corrected chi connectivity index (χ1v) is 7.31. The normalized spacial score (nSPS) is 20.5. The minimum Gasteiger partial charge on any atom is -0.497 e. The molecule has 0 heterocycles. The van der Waals surface area contributed by atoms with Crippen LogP contribution in [-0.2, 0) is 6.42 Å². The summed E-state index contributed by atoms with van der Waals surface area (Å²) in [6, 6.07) is 6.35. The van der Waals surface area contributed by atoms with Gasteiger partial charge in [0.15, 0.2) is 5.96 Å². The smallest absolute Gasteiger partial charge is 0.191 e. The molecule has 2 atom stereocenters. The van der Waals surface area contributed by atoms with Crippen LogP contribution in [0.1, 0.15) is 18.9 Å². The molecule has 0 aliphatic heterocycles. The van der Waals surface area contributed by atoms with Crippen LogP contribution in [0.25, 0.3) is 0 Å². The van der Waals surface area contributed by atoms with E-state index in [-0.39, 0.29) is 24.0 Å². The maximum Gasteiger partial charge on any atom is 0.191 e. The van der Waals surface area contributed by atoms with Crippen molar-refractivity contribution in [2.75, 3.05) is 20.7 Å². The molecule has 1 aliphatic carbocycles. The molecule has 1 aromatic rings. The molecule has 0 aromatic heterocycles. The average molecular weight is 424 g/mol. The van der Waals surface area contributed by atoms with E-state index in [2.05, 4.69) is 22.5 Å². The quantitative estimate of drug-likeness (QED) is 0.435. The predicted octanol–water partition coefficient (Wildman–Crippen LogP) is 3.08. The van der Waals surface area contributed by atoms with Gasteiger partial charge in [-0.2, -0.15) is 0 Å². The molecule has 0 saturated heterocycles. The molecule has 21 heavy (non-hydrogen) atoms. The Morgan fingerprint density at radius 2 is 2.19 bits per heavy atom. The number of nitrogens with one attached hydrogen (secondary N) is 2. The molecular formula is C15H23ClIN3O. The SMILES string of the molecule is CN=C(NCCc1ccc(OC)cc1Cl)NC1CC1C.I. The van der Waals surface area contributed by atoms with Gasteiger partial charge in [0.25, 0.3) is 0 Å². The van der Waals surface area contributed by atoms with Crippen molar-refractivity contribution in [1.29, 1.82) is 0 Å². The number of ether oxygens (including phenoxy) is 1.